The number of rotatable bonds is 4. The van der Waals surface area contributed by atoms with Crippen LogP contribution in [0, 0.1) is 6.92 Å². The van der Waals surface area contributed by atoms with Crippen LogP contribution in [0.15, 0.2) is 35.4 Å². The van der Waals surface area contributed by atoms with Crippen LogP contribution in [0.3, 0.4) is 0 Å². The van der Waals surface area contributed by atoms with Crippen LogP contribution >= 0.6 is 12.4 Å². The molecule has 126 valence electrons. The van der Waals surface area contributed by atoms with Gasteiger partial charge in [0.1, 0.15) is 4.90 Å². The summed E-state index contributed by atoms with van der Waals surface area (Å²) in [6.07, 6.45) is 2.36. The molecule has 1 aromatic carbocycles. The van der Waals surface area contributed by atoms with Crippen molar-refractivity contribution in [3.8, 4) is 0 Å². The standard InChI is InChI=1S/C15H20N4O2S.ClH/c1-11-15(10-17-19(11)2)22(20,21)18-9-14-13-6-4-3-5-12(13)7-8-16-14;/h3-6,10,14,16,18H,7-9H2,1-2H3;1H. The molecule has 0 radical (unpaired) electrons. The van der Waals surface area contributed by atoms with Crippen molar-refractivity contribution in [2.24, 2.45) is 7.05 Å². The maximum atomic E-state index is 12.4. The second-order valence-electron chi connectivity index (χ2n) is 5.53. The normalized spacial score (nSPS) is 17.4. The number of aromatic nitrogens is 2. The van der Waals surface area contributed by atoms with Gasteiger partial charge in [-0.25, -0.2) is 13.1 Å². The van der Waals surface area contributed by atoms with Crippen molar-refractivity contribution < 1.29 is 8.42 Å². The van der Waals surface area contributed by atoms with Gasteiger partial charge in [-0.05, 0) is 31.0 Å². The smallest absolute Gasteiger partial charge is 0.244 e. The first kappa shape index (κ1) is 17.9. The highest BCUT2D eigenvalue weighted by Gasteiger charge is 2.24. The fourth-order valence-electron chi connectivity index (χ4n) is 2.79. The lowest BCUT2D eigenvalue weighted by Crippen LogP contribution is -2.38. The number of aryl methyl sites for hydroxylation is 1. The van der Waals surface area contributed by atoms with Gasteiger partial charge in [-0.15, -0.1) is 12.4 Å². The molecule has 1 aliphatic rings. The Morgan fingerprint density at radius 1 is 1.39 bits per heavy atom. The lowest BCUT2D eigenvalue weighted by molar-refractivity contribution is 0.491. The molecule has 0 spiro atoms. The van der Waals surface area contributed by atoms with Gasteiger partial charge in [-0.1, -0.05) is 24.3 Å². The molecule has 2 N–H and O–H groups in total. The van der Waals surface area contributed by atoms with E-state index in [0.717, 1.165) is 13.0 Å². The Balaban J connectivity index is 0.00000192. The molecular weight excluding hydrogens is 336 g/mol. The SMILES string of the molecule is Cc1c(S(=O)(=O)NCC2NCCc3ccccc32)cnn1C.Cl. The van der Waals surface area contributed by atoms with E-state index in [1.54, 1.807) is 18.7 Å². The van der Waals surface area contributed by atoms with Crippen molar-refractivity contribution in [3.63, 3.8) is 0 Å². The van der Waals surface area contributed by atoms with E-state index < -0.39 is 10.0 Å². The van der Waals surface area contributed by atoms with E-state index in [4.69, 9.17) is 0 Å². The summed E-state index contributed by atoms with van der Waals surface area (Å²) < 4.78 is 29.1. The first-order valence-electron chi connectivity index (χ1n) is 7.28. The van der Waals surface area contributed by atoms with Crippen LogP contribution in [-0.4, -0.2) is 31.3 Å². The molecule has 1 aliphatic heterocycles. The molecule has 2 aromatic rings. The van der Waals surface area contributed by atoms with Gasteiger partial charge in [0.25, 0.3) is 0 Å². The van der Waals surface area contributed by atoms with Gasteiger partial charge in [0.15, 0.2) is 0 Å². The first-order chi connectivity index (χ1) is 10.5. The third-order valence-electron chi connectivity index (χ3n) is 4.17. The molecule has 0 fully saturated rings. The van der Waals surface area contributed by atoms with Gasteiger partial charge in [0.05, 0.1) is 11.9 Å². The number of nitrogens with zero attached hydrogens (tertiary/aromatic N) is 2. The van der Waals surface area contributed by atoms with Crippen LogP contribution in [0.4, 0.5) is 0 Å². The molecule has 3 rings (SSSR count). The topological polar surface area (TPSA) is 76.0 Å². The average molecular weight is 357 g/mol. The Labute approximate surface area is 142 Å². The van der Waals surface area contributed by atoms with Crippen molar-refractivity contribution in [2.75, 3.05) is 13.1 Å². The molecule has 8 heteroatoms. The van der Waals surface area contributed by atoms with Gasteiger partial charge >= 0.3 is 0 Å². The van der Waals surface area contributed by atoms with Crippen LogP contribution in [-0.2, 0) is 23.5 Å². The van der Waals surface area contributed by atoms with Crippen LogP contribution in [0.1, 0.15) is 22.9 Å². The lowest BCUT2D eigenvalue weighted by atomic mass is 9.95. The highest BCUT2D eigenvalue weighted by Crippen LogP contribution is 2.22. The second kappa shape index (κ2) is 7.00. The molecular formula is C15H21ClN4O2S. The summed E-state index contributed by atoms with van der Waals surface area (Å²) in [5, 5.41) is 7.37. The van der Waals surface area contributed by atoms with Crippen molar-refractivity contribution in [3.05, 3.63) is 47.3 Å². The predicted molar refractivity (Wildman–Crippen MR) is 91.3 cm³/mol. The van der Waals surface area contributed by atoms with Crippen LogP contribution in [0.25, 0.3) is 0 Å². The van der Waals surface area contributed by atoms with Gasteiger partial charge in [0, 0.05) is 19.6 Å². The van der Waals surface area contributed by atoms with E-state index in [2.05, 4.69) is 27.3 Å². The molecule has 0 saturated carbocycles. The largest absolute Gasteiger partial charge is 0.308 e. The molecule has 23 heavy (non-hydrogen) atoms. The van der Waals surface area contributed by atoms with Crippen molar-refractivity contribution in [1.29, 1.82) is 0 Å². The number of sulfonamides is 1. The minimum Gasteiger partial charge on any atom is -0.308 e. The monoisotopic (exact) mass is 356 g/mol. The van der Waals surface area contributed by atoms with Crippen molar-refractivity contribution in [1.82, 2.24) is 19.8 Å². The fourth-order valence-corrected chi connectivity index (χ4v) is 4.04. The molecule has 0 aliphatic carbocycles. The zero-order valence-corrected chi connectivity index (χ0v) is 14.7. The first-order valence-corrected chi connectivity index (χ1v) is 8.77. The van der Waals surface area contributed by atoms with E-state index >= 15 is 0 Å². The maximum absolute atomic E-state index is 12.4. The number of halogens is 1. The summed E-state index contributed by atoms with van der Waals surface area (Å²) >= 11 is 0. The molecule has 2 heterocycles. The van der Waals surface area contributed by atoms with E-state index in [-0.39, 0.29) is 23.3 Å². The van der Waals surface area contributed by atoms with Gasteiger partial charge in [-0.2, -0.15) is 5.10 Å². The molecule has 0 bridgehead atoms. The summed E-state index contributed by atoms with van der Waals surface area (Å²) in [4.78, 5) is 0.235. The van der Waals surface area contributed by atoms with Gasteiger partial charge in [0.2, 0.25) is 10.0 Å². The zero-order chi connectivity index (χ0) is 15.7. The van der Waals surface area contributed by atoms with E-state index in [9.17, 15) is 8.42 Å². The number of hydrogen-bond donors (Lipinski definition) is 2. The van der Waals surface area contributed by atoms with E-state index in [1.165, 1.54) is 17.3 Å². The summed E-state index contributed by atoms with van der Waals surface area (Å²) in [6, 6.07) is 8.15. The Kier molecular flexibility index (Phi) is 5.46. The zero-order valence-electron chi connectivity index (χ0n) is 13.1. The number of hydrogen-bond acceptors (Lipinski definition) is 4. The molecule has 0 amide bonds. The van der Waals surface area contributed by atoms with Crippen LogP contribution in [0.5, 0.6) is 0 Å². The van der Waals surface area contributed by atoms with E-state index in [0.29, 0.717) is 12.2 Å². The molecule has 1 atom stereocenters. The third kappa shape index (κ3) is 3.58. The highest BCUT2D eigenvalue weighted by atomic mass is 35.5. The van der Waals surface area contributed by atoms with Gasteiger partial charge < -0.3 is 5.32 Å². The van der Waals surface area contributed by atoms with Crippen molar-refractivity contribution >= 4 is 22.4 Å². The molecule has 0 saturated heterocycles. The predicted octanol–water partition coefficient (Wildman–Crippen LogP) is 1.32. The Bertz CT molecular complexity index is 789. The quantitative estimate of drug-likeness (QED) is 0.866. The summed E-state index contributed by atoms with van der Waals surface area (Å²) in [5.74, 6) is 0. The lowest BCUT2D eigenvalue weighted by Gasteiger charge is -2.27. The Morgan fingerprint density at radius 3 is 2.83 bits per heavy atom. The fraction of sp³-hybridized carbons (Fsp3) is 0.400. The highest BCUT2D eigenvalue weighted by molar-refractivity contribution is 7.89. The Hall–Kier alpha value is -1.41. The van der Waals surface area contributed by atoms with Crippen molar-refractivity contribution in [2.45, 2.75) is 24.3 Å². The maximum Gasteiger partial charge on any atom is 0.244 e. The van der Waals surface area contributed by atoms with E-state index in [1.807, 2.05) is 12.1 Å². The van der Waals surface area contributed by atoms with Crippen LogP contribution in [0.2, 0.25) is 0 Å². The summed E-state index contributed by atoms with van der Waals surface area (Å²) in [7, 11) is -1.82. The van der Waals surface area contributed by atoms with Gasteiger partial charge in [-0.3, -0.25) is 4.68 Å². The number of benzene rings is 1. The Morgan fingerprint density at radius 2 is 2.13 bits per heavy atom. The summed E-state index contributed by atoms with van der Waals surface area (Å²) in [6.45, 7) is 2.93. The molecule has 1 unspecified atom stereocenters. The minimum atomic E-state index is -3.55. The minimum absolute atomic E-state index is 0. The molecule has 1 aromatic heterocycles. The number of fused-ring (bicyclic) bond motifs is 1. The third-order valence-corrected chi connectivity index (χ3v) is 5.70. The number of nitrogens with one attached hydrogen (secondary N) is 2. The second-order valence-corrected chi connectivity index (χ2v) is 7.26. The summed E-state index contributed by atoms with van der Waals surface area (Å²) in [5.41, 5.74) is 3.08. The van der Waals surface area contributed by atoms with Crippen LogP contribution < -0.4 is 10.0 Å². The molecule has 6 nitrogen and oxygen atoms in total. The average Bonchev–Trinajstić information content (AvgIpc) is 2.85.